The summed E-state index contributed by atoms with van der Waals surface area (Å²) in [6.45, 7) is 10.2. The van der Waals surface area contributed by atoms with E-state index in [0.29, 0.717) is 5.16 Å². The van der Waals surface area contributed by atoms with Crippen molar-refractivity contribution in [2.24, 2.45) is 0 Å². The number of aromatic amines is 1. The number of hydrogen-bond donors (Lipinski definition) is 2. The molecule has 1 aromatic heterocycles. The first kappa shape index (κ1) is 16.5. The van der Waals surface area contributed by atoms with E-state index in [1.165, 1.54) is 11.8 Å². The summed E-state index contributed by atoms with van der Waals surface area (Å²) in [5.41, 5.74) is 3.03. The lowest BCUT2D eigenvalue weighted by molar-refractivity contribution is -0.113. The number of rotatable bonds is 4. The number of amides is 1. The Bertz CT molecular complexity index is 673. The van der Waals surface area contributed by atoms with Crippen LogP contribution in [0.2, 0.25) is 0 Å². The molecule has 0 fully saturated rings. The van der Waals surface area contributed by atoms with Gasteiger partial charge in [0.25, 0.3) is 0 Å². The molecule has 2 aromatic rings. The van der Waals surface area contributed by atoms with Crippen molar-refractivity contribution < 1.29 is 4.79 Å². The minimum absolute atomic E-state index is 0.0548. The van der Waals surface area contributed by atoms with Crippen LogP contribution in [0, 0.1) is 13.8 Å². The maximum absolute atomic E-state index is 12.1. The second kappa shape index (κ2) is 6.52. The molecule has 0 radical (unpaired) electrons. The van der Waals surface area contributed by atoms with Gasteiger partial charge in [-0.25, -0.2) is 4.98 Å². The van der Waals surface area contributed by atoms with Crippen LogP contribution in [0.3, 0.4) is 0 Å². The van der Waals surface area contributed by atoms with E-state index in [1.807, 2.05) is 32.0 Å². The first-order chi connectivity index (χ1) is 10.3. The molecule has 0 bridgehead atoms. The fraction of sp³-hybridized carbons (Fsp3) is 0.438. The van der Waals surface area contributed by atoms with Gasteiger partial charge in [-0.3, -0.25) is 9.89 Å². The third kappa shape index (κ3) is 4.10. The molecule has 0 saturated heterocycles. The Labute approximate surface area is 135 Å². The molecule has 0 unspecified atom stereocenters. The molecular formula is C16H22N4OS. The lowest BCUT2D eigenvalue weighted by Crippen LogP contribution is -2.15. The summed E-state index contributed by atoms with van der Waals surface area (Å²) in [6, 6.07) is 5.88. The molecule has 1 aromatic carbocycles. The van der Waals surface area contributed by atoms with Crippen molar-refractivity contribution in [3.8, 4) is 0 Å². The summed E-state index contributed by atoms with van der Waals surface area (Å²) in [5, 5.41) is 10.6. The van der Waals surface area contributed by atoms with E-state index in [1.54, 1.807) is 0 Å². The number of thioether (sulfide) groups is 1. The van der Waals surface area contributed by atoms with Crippen LogP contribution in [-0.4, -0.2) is 26.8 Å². The summed E-state index contributed by atoms with van der Waals surface area (Å²) in [6.07, 6.45) is 0. The monoisotopic (exact) mass is 318 g/mol. The van der Waals surface area contributed by atoms with Crippen LogP contribution >= 0.6 is 11.8 Å². The van der Waals surface area contributed by atoms with Gasteiger partial charge >= 0.3 is 0 Å². The van der Waals surface area contributed by atoms with Crippen LogP contribution in [0.4, 0.5) is 5.69 Å². The lowest BCUT2D eigenvalue weighted by atomic mass is 9.96. The highest BCUT2D eigenvalue weighted by Gasteiger charge is 2.19. The van der Waals surface area contributed by atoms with Gasteiger partial charge in [-0.2, -0.15) is 0 Å². The van der Waals surface area contributed by atoms with Gasteiger partial charge in [-0.1, -0.05) is 44.7 Å². The molecule has 1 heterocycles. The van der Waals surface area contributed by atoms with Crippen molar-refractivity contribution >= 4 is 23.4 Å². The number of benzene rings is 1. The second-order valence-electron chi connectivity index (χ2n) is 6.30. The summed E-state index contributed by atoms with van der Waals surface area (Å²) in [5.74, 6) is 1.06. The zero-order valence-corrected chi connectivity index (χ0v) is 14.5. The average molecular weight is 318 g/mol. The third-order valence-corrected chi connectivity index (χ3v) is 4.23. The standard InChI is InChI=1S/C16H22N4OS/c1-10-7-6-8-12(11(10)2)17-13(21)9-22-15-18-14(19-20-15)16(3,4)5/h6-8H,9H2,1-5H3,(H,17,21)(H,18,19,20). The Morgan fingerprint density at radius 1 is 1.32 bits per heavy atom. The van der Waals surface area contributed by atoms with Crippen LogP contribution in [-0.2, 0) is 10.2 Å². The highest BCUT2D eigenvalue weighted by atomic mass is 32.2. The molecule has 0 saturated carbocycles. The van der Waals surface area contributed by atoms with E-state index in [4.69, 9.17) is 0 Å². The van der Waals surface area contributed by atoms with Gasteiger partial charge < -0.3 is 5.32 Å². The number of H-pyrrole nitrogens is 1. The van der Waals surface area contributed by atoms with Crippen LogP contribution in [0.15, 0.2) is 23.4 Å². The van der Waals surface area contributed by atoms with Crippen LogP contribution in [0.1, 0.15) is 37.7 Å². The summed E-state index contributed by atoms with van der Waals surface area (Å²) in [7, 11) is 0. The van der Waals surface area contributed by atoms with Gasteiger partial charge in [-0.05, 0) is 31.0 Å². The molecule has 5 nitrogen and oxygen atoms in total. The largest absolute Gasteiger partial charge is 0.325 e. The topological polar surface area (TPSA) is 70.7 Å². The fourth-order valence-electron chi connectivity index (χ4n) is 1.85. The minimum Gasteiger partial charge on any atom is -0.325 e. The fourth-order valence-corrected chi connectivity index (χ4v) is 2.45. The Morgan fingerprint density at radius 3 is 2.68 bits per heavy atom. The van der Waals surface area contributed by atoms with E-state index in [-0.39, 0.29) is 17.1 Å². The molecule has 0 spiro atoms. The molecule has 6 heteroatoms. The first-order valence-corrected chi connectivity index (χ1v) is 8.17. The normalized spacial score (nSPS) is 11.5. The molecule has 2 rings (SSSR count). The van der Waals surface area contributed by atoms with Gasteiger partial charge in [0.1, 0.15) is 5.82 Å². The minimum atomic E-state index is -0.0766. The van der Waals surface area contributed by atoms with Gasteiger partial charge in [0, 0.05) is 11.1 Å². The first-order valence-electron chi connectivity index (χ1n) is 7.19. The zero-order chi connectivity index (χ0) is 16.3. The van der Waals surface area contributed by atoms with Crippen molar-refractivity contribution in [1.29, 1.82) is 0 Å². The van der Waals surface area contributed by atoms with Crippen molar-refractivity contribution in [3.05, 3.63) is 35.2 Å². The molecule has 0 aliphatic rings. The highest BCUT2D eigenvalue weighted by Crippen LogP contribution is 2.22. The number of anilines is 1. The van der Waals surface area contributed by atoms with Crippen LogP contribution in [0.5, 0.6) is 0 Å². The van der Waals surface area contributed by atoms with Crippen molar-refractivity contribution in [2.45, 2.75) is 45.2 Å². The van der Waals surface area contributed by atoms with Gasteiger partial charge in [-0.15, -0.1) is 5.10 Å². The van der Waals surface area contributed by atoms with E-state index in [0.717, 1.165) is 22.6 Å². The quantitative estimate of drug-likeness (QED) is 0.847. The van der Waals surface area contributed by atoms with Gasteiger partial charge in [0.05, 0.1) is 5.75 Å². The summed E-state index contributed by atoms with van der Waals surface area (Å²) >= 11 is 1.33. The molecule has 22 heavy (non-hydrogen) atoms. The zero-order valence-electron chi connectivity index (χ0n) is 13.7. The van der Waals surface area contributed by atoms with Gasteiger partial charge in [0.15, 0.2) is 0 Å². The Kier molecular flexibility index (Phi) is 4.90. The van der Waals surface area contributed by atoms with Crippen LogP contribution in [0.25, 0.3) is 0 Å². The van der Waals surface area contributed by atoms with E-state index in [9.17, 15) is 4.79 Å². The average Bonchev–Trinajstić information content (AvgIpc) is 2.91. The Morgan fingerprint density at radius 2 is 2.05 bits per heavy atom. The smallest absolute Gasteiger partial charge is 0.234 e. The number of hydrogen-bond acceptors (Lipinski definition) is 4. The van der Waals surface area contributed by atoms with Crippen molar-refractivity contribution in [1.82, 2.24) is 15.2 Å². The maximum Gasteiger partial charge on any atom is 0.234 e. The Balaban J connectivity index is 1.93. The molecule has 1 amide bonds. The molecule has 118 valence electrons. The van der Waals surface area contributed by atoms with Gasteiger partial charge in [0.2, 0.25) is 11.1 Å². The van der Waals surface area contributed by atoms with Crippen molar-refractivity contribution in [2.75, 3.05) is 11.1 Å². The predicted octanol–water partition coefficient (Wildman–Crippen LogP) is 3.45. The molecule has 0 atom stereocenters. The SMILES string of the molecule is Cc1cccc(NC(=O)CSc2n[nH]c(C(C)(C)C)n2)c1C. The number of aryl methyl sites for hydroxylation is 1. The van der Waals surface area contributed by atoms with Crippen LogP contribution < -0.4 is 5.32 Å². The maximum atomic E-state index is 12.1. The number of nitrogens with zero attached hydrogens (tertiary/aromatic N) is 2. The third-order valence-electron chi connectivity index (χ3n) is 3.39. The lowest BCUT2D eigenvalue weighted by Gasteiger charge is -2.12. The highest BCUT2D eigenvalue weighted by molar-refractivity contribution is 7.99. The number of carbonyl (C=O) groups is 1. The number of carbonyl (C=O) groups excluding carboxylic acids is 1. The van der Waals surface area contributed by atoms with Crippen molar-refractivity contribution in [3.63, 3.8) is 0 Å². The van der Waals surface area contributed by atoms with E-state index in [2.05, 4.69) is 41.3 Å². The summed E-state index contributed by atoms with van der Waals surface area (Å²) < 4.78 is 0. The van der Waals surface area contributed by atoms with E-state index >= 15 is 0 Å². The Hall–Kier alpha value is -1.82. The summed E-state index contributed by atoms with van der Waals surface area (Å²) in [4.78, 5) is 16.5. The predicted molar refractivity (Wildman–Crippen MR) is 90.4 cm³/mol. The molecule has 2 N–H and O–H groups in total. The second-order valence-corrected chi connectivity index (χ2v) is 7.24. The van der Waals surface area contributed by atoms with E-state index < -0.39 is 0 Å². The molecular weight excluding hydrogens is 296 g/mol. The number of aromatic nitrogens is 3. The molecule has 0 aliphatic carbocycles. The number of nitrogens with one attached hydrogen (secondary N) is 2. The molecule has 0 aliphatic heterocycles.